The molecule has 16 heavy (non-hydrogen) atoms. The van der Waals surface area contributed by atoms with Crippen LogP contribution in [0.15, 0.2) is 0 Å². The van der Waals surface area contributed by atoms with Crippen LogP contribution in [0.4, 0.5) is 0 Å². The quantitative estimate of drug-likeness (QED) is 0.679. The molecule has 0 amide bonds. The first-order valence-electron chi connectivity index (χ1n) is 5.34. The van der Waals surface area contributed by atoms with E-state index in [2.05, 4.69) is 0 Å². The standard InChI is InChI=1S/C10H21O5P/c1-6-13-16(12,14-7-2)15-9(11)8-10(3,4)5/h6-8H2,1-5H3. The summed E-state index contributed by atoms with van der Waals surface area (Å²) in [4.78, 5) is 11.5. The van der Waals surface area contributed by atoms with Gasteiger partial charge in [-0.1, -0.05) is 20.8 Å². The molecule has 0 aromatic carbocycles. The van der Waals surface area contributed by atoms with Gasteiger partial charge < -0.3 is 4.52 Å². The molecule has 5 nitrogen and oxygen atoms in total. The molecule has 0 N–H and O–H groups in total. The Kier molecular flexibility index (Phi) is 6.23. The Morgan fingerprint density at radius 2 is 1.56 bits per heavy atom. The van der Waals surface area contributed by atoms with E-state index < -0.39 is 13.8 Å². The van der Waals surface area contributed by atoms with Crippen LogP contribution in [0.5, 0.6) is 0 Å². The van der Waals surface area contributed by atoms with Gasteiger partial charge in [0, 0.05) is 0 Å². The molecule has 0 radical (unpaired) electrons. The summed E-state index contributed by atoms with van der Waals surface area (Å²) in [6.07, 6.45) is 0.164. The van der Waals surface area contributed by atoms with E-state index in [1.54, 1.807) is 13.8 Å². The molecule has 0 aliphatic heterocycles. The summed E-state index contributed by atoms with van der Waals surface area (Å²) in [6, 6.07) is 0. The zero-order valence-corrected chi connectivity index (χ0v) is 11.5. The lowest BCUT2D eigenvalue weighted by Crippen LogP contribution is -2.15. The van der Waals surface area contributed by atoms with Crippen molar-refractivity contribution >= 4 is 13.8 Å². The van der Waals surface area contributed by atoms with Crippen LogP contribution >= 0.6 is 7.82 Å². The Morgan fingerprint density at radius 3 is 1.88 bits per heavy atom. The van der Waals surface area contributed by atoms with Crippen molar-refractivity contribution in [1.29, 1.82) is 0 Å². The molecule has 0 saturated heterocycles. The van der Waals surface area contributed by atoms with Gasteiger partial charge in [-0.15, -0.1) is 0 Å². The zero-order valence-electron chi connectivity index (χ0n) is 10.6. The molecule has 0 bridgehead atoms. The Labute approximate surface area is 97.1 Å². The van der Waals surface area contributed by atoms with Crippen LogP contribution in [0.3, 0.4) is 0 Å². The predicted molar refractivity (Wildman–Crippen MR) is 61.0 cm³/mol. The Bertz CT molecular complexity index is 259. The van der Waals surface area contributed by atoms with Crippen LogP contribution in [0, 0.1) is 5.41 Å². The molecule has 0 rings (SSSR count). The molecule has 0 spiro atoms. The van der Waals surface area contributed by atoms with E-state index in [9.17, 15) is 9.36 Å². The molecule has 0 unspecified atom stereocenters. The molecule has 0 aromatic heterocycles. The van der Waals surface area contributed by atoms with Crippen molar-refractivity contribution in [2.75, 3.05) is 13.2 Å². The Hall–Kier alpha value is -0.380. The van der Waals surface area contributed by atoms with Gasteiger partial charge >= 0.3 is 13.8 Å². The van der Waals surface area contributed by atoms with Gasteiger partial charge in [0.1, 0.15) is 0 Å². The van der Waals surface area contributed by atoms with E-state index in [1.807, 2.05) is 20.8 Å². The monoisotopic (exact) mass is 252 g/mol. The fraction of sp³-hybridized carbons (Fsp3) is 0.900. The molecule has 0 heterocycles. The summed E-state index contributed by atoms with van der Waals surface area (Å²) < 4.78 is 26.3. The van der Waals surface area contributed by atoms with Gasteiger partial charge in [0.15, 0.2) is 0 Å². The summed E-state index contributed by atoms with van der Waals surface area (Å²) in [7, 11) is -3.71. The lowest BCUT2D eigenvalue weighted by molar-refractivity contribution is -0.138. The molecule has 0 fully saturated rings. The van der Waals surface area contributed by atoms with Crippen LogP contribution in [0.1, 0.15) is 41.0 Å². The first-order valence-corrected chi connectivity index (χ1v) is 6.80. The summed E-state index contributed by atoms with van der Waals surface area (Å²) in [5.74, 6) is -0.572. The molecular formula is C10H21O5P. The van der Waals surface area contributed by atoms with Crippen LogP contribution in [0.25, 0.3) is 0 Å². The molecule has 0 aliphatic rings. The number of hydrogen-bond donors (Lipinski definition) is 0. The van der Waals surface area contributed by atoms with Gasteiger partial charge in [-0.2, -0.15) is 0 Å². The Morgan fingerprint density at radius 1 is 1.12 bits per heavy atom. The zero-order chi connectivity index (χ0) is 12.8. The van der Waals surface area contributed by atoms with Gasteiger partial charge in [0.25, 0.3) is 0 Å². The van der Waals surface area contributed by atoms with Crippen molar-refractivity contribution in [3.05, 3.63) is 0 Å². The number of carbonyl (C=O) groups is 1. The molecule has 0 saturated carbocycles. The molecule has 6 heteroatoms. The number of rotatable bonds is 6. The van der Waals surface area contributed by atoms with E-state index in [-0.39, 0.29) is 25.0 Å². The SMILES string of the molecule is CCOP(=O)(OCC)OC(=O)CC(C)(C)C. The smallest absolute Gasteiger partial charge is 0.370 e. The van der Waals surface area contributed by atoms with Gasteiger partial charge in [-0.3, -0.25) is 13.8 Å². The molecule has 0 aliphatic carbocycles. The summed E-state index contributed by atoms with van der Waals surface area (Å²) in [6.45, 7) is 9.31. The van der Waals surface area contributed by atoms with Gasteiger partial charge in [-0.05, 0) is 19.3 Å². The third-order valence-corrected chi connectivity index (χ3v) is 3.04. The van der Waals surface area contributed by atoms with E-state index in [0.29, 0.717) is 0 Å². The maximum atomic E-state index is 11.8. The van der Waals surface area contributed by atoms with Crippen molar-refractivity contribution in [3.8, 4) is 0 Å². The predicted octanol–water partition coefficient (Wildman–Crippen LogP) is 3.15. The van der Waals surface area contributed by atoms with Crippen LogP contribution in [-0.4, -0.2) is 19.2 Å². The third-order valence-electron chi connectivity index (χ3n) is 1.46. The van der Waals surface area contributed by atoms with E-state index in [1.165, 1.54) is 0 Å². The average molecular weight is 252 g/mol. The van der Waals surface area contributed by atoms with Crippen molar-refractivity contribution in [1.82, 2.24) is 0 Å². The van der Waals surface area contributed by atoms with Crippen molar-refractivity contribution in [3.63, 3.8) is 0 Å². The highest BCUT2D eigenvalue weighted by atomic mass is 31.2. The van der Waals surface area contributed by atoms with Crippen molar-refractivity contribution < 1.29 is 22.9 Å². The number of phosphoric ester groups is 1. The normalized spacial score (nSPS) is 12.6. The number of phosphoric acid groups is 1. The minimum absolute atomic E-state index is 0.164. The summed E-state index contributed by atoms with van der Waals surface area (Å²) in [5.41, 5.74) is -0.222. The summed E-state index contributed by atoms with van der Waals surface area (Å²) >= 11 is 0. The largest absolute Gasteiger partial charge is 0.532 e. The van der Waals surface area contributed by atoms with Crippen LogP contribution in [0.2, 0.25) is 0 Å². The highest BCUT2D eigenvalue weighted by molar-refractivity contribution is 7.49. The topological polar surface area (TPSA) is 61.8 Å². The van der Waals surface area contributed by atoms with Crippen molar-refractivity contribution in [2.45, 2.75) is 41.0 Å². The fourth-order valence-electron chi connectivity index (χ4n) is 0.996. The second-order valence-corrected chi connectivity index (χ2v) is 6.08. The first kappa shape index (κ1) is 15.6. The second-order valence-electron chi connectivity index (χ2n) is 4.48. The second kappa shape index (κ2) is 6.38. The average Bonchev–Trinajstić information content (AvgIpc) is 1.99. The molecule has 0 aromatic rings. The maximum Gasteiger partial charge on any atom is 0.532 e. The van der Waals surface area contributed by atoms with E-state index in [0.717, 1.165) is 0 Å². The van der Waals surface area contributed by atoms with Gasteiger partial charge in [0.2, 0.25) is 0 Å². The third kappa shape index (κ3) is 6.99. The Balaban J connectivity index is 4.41. The molecule has 0 atom stereocenters. The summed E-state index contributed by atoms with van der Waals surface area (Å²) in [5, 5.41) is 0. The maximum absolute atomic E-state index is 11.8. The minimum atomic E-state index is -3.71. The lowest BCUT2D eigenvalue weighted by atomic mass is 9.93. The first-order chi connectivity index (χ1) is 7.22. The molecule has 96 valence electrons. The van der Waals surface area contributed by atoms with E-state index >= 15 is 0 Å². The fourth-order valence-corrected chi connectivity index (χ4v) is 2.12. The van der Waals surface area contributed by atoms with Crippen LogP contribution in [-0.2, 0) is 22.9 Å². The number of carbonyl (C=O) groups excluding carboxylic acids is 1. The number of hydrogen-bond acceptors (Lipinski definition) is 5. The highest BCUT2D eigenvalue weighted by Crippen LogP contribution is 2.49. The molecular weight excluding hydrogens is 231 g/mol. The highest BCUT2D eigenvalue weighted by Gasteiger charge is 2.31. The van der Waals surface area contributed by atoms with E-state index in [4.69, 9.17) is 13.6 Å². The van der Waals surface area contributed by atoms with Gasteiger partial charge in [0.05, 0.1) is 19.6 Å². The lowest BCUT2D eigenvalue weighted by Gasteiger charge is -2.20. The minimum Gasteiger partial charge on any atom is -0.370 e. The van der Waals surface area contributed by atoms with Crippen molar-refractivity contribution in [2.24, 2.45) is 5.41 Å². The van der Waals surface area contributed by atoms with Crippen LogP contribution < -0.4 is 0 Å². The van der Waals surface area contributed by atoms with Gasteiger partial charge in [-0.25, -0.2) is 4.57 Å².